The van der Waals surface area contributed by atoms with Crippen LogP contribution in [-0.2, 0) is 23.4 Å². The van der Waals surface area contributed by atoms with Crippen LogP contribution < -0.4 is 10.9 Å². The summed E-state index contributed by atoms with van der Waals surface area (Å²) in [5.41, 5.74) is 0.394. The van der Waals surface area contributed by atoms with E-state index < -0.39 is 36.9 Å². The standard InChI is InChI=1S/C34H50F3N5O6S2Si/c1-11-14-46-24-16-26(48-25(24)19-47-51(9,10)32(4,5)6)42-18-23(27-28(42)40-31(41-29(27)43)38-17-22(2)3)13-12-15-45-21-49-50-33(7,8)20-39-30(44)34(35,36)37/h11,17-18,22,24-26H,1,14-16,19-21H2,2-10H3,(H,39,44)(H,40,41,43)/t24?,25-,26-/m1/s1. The Morgan fingerprint density at radius 1 is 1.29 bits per heavy atom. The molecule has 51 heavy (non-hydrogen) atoms. The predicted molar refractivity (Wildman–Crippen MR) is 201 cm³/mol. The number of aliphatic imine (C=N–C) groups is 1. The van der Waals surface area contributed by atoms with E-state index >= 15 is 0 Å². The first-order valence-electron chi connectivity index (χ1n) is 16.6. The molecule has 0 spiro atoms. The van der Waals surface area contributed by atoms with Gasteiger partial charge >= 0.3 is 12.1 Å². The van der Waals surface area contributed by atoms with Gasteiger partial charge in [0.1, 0.15) is 24.9 Å². The number of fused-ring (bicyclic) bond motifs is 1. The van der Waals surface area contributed by atoms with Crippen LogP contribution in [0.15, 0.2) is 28.6 Å². The van der Waals surface area contributed by atoms with Crippen molar-refractivity contribution in [2.24, 2.45) is 10.9 Å². The number of amides is 1. The van der Waals surface area contributed by atoms with Crippen LogP contribution in [0.4, 0.5) is 19.1 Å². The molecule has 1 aliphatic rings. The van der Waals surface area contributed by atoms with Gasteiger partial charge in [0.25, 0.3) is 5.56 Å². The molecule has 0 aliphatic carbocycles. The number of halogens is 3. The van der Waals surface area contributed by atoms with Gasteiger partial charge in [-0.1, -0.05) is 74.1 Å². The van der Waals surface area contributed by atoms with Crippen LogP contribution in [0.1, 0.15) is 66.7 Å². The number of ether oxygens (including phenoxy) is 3. The highest BCUT2D eigenvalue weighted by molar-refractivity contribution is 8.77. The molecule has 2 N–H and O–H groups in total. The van der Waals surface area contributed by atoms with E-state index in [0.717, 1.165) is 0 Å². The maximum Gasteiger partial charge on any atom is 0.471 e. The quantitative estimate of drug-likeness (QED) is 0.0348. The van der Waals surface area contributed by atoms with E-state index in [1.807, 2.05) is 19.2 Å². The van der Waals surface area contributed by atoms with E-state index in [2.05, 4.69) is 67.2 Å². The van der Waals surface area contributed by atoms with E-state index in [9.17, 15) is 22.8 Å². The number of carbonyl (C=O) groups is 1. The second-order valence-electron chi connectivity index (χ2n) is 14.6. The van der Waals surface area contributed by atoms with Gasteiger partial charge in [-0.05, 0) is 37.9 Å². The lowest BCUT2D eigenvalue weighted by atomic mass is 10.2. The summed E-state index contributed by atoms with van der Waals surface area (Å²) in [5.74, 6) is 4.49. The Morgan fingerprint density at radius 3 is 2.63 bits per heavy atom. The maximum absolute atomic E-state index is 13.4. The highest BCUT2D eigenvalue weighted by Gasteiger charge is 2.42. The van der Waals surface area contributed by atoms with Gasteiger partial charge < -0.3 is 28.5 Å². The third-order valence-corrected chi connectivity index (χ3v) is 15.7. The largest absolute Gasteiger partial charge is 0.471 e. The fourth-order valence-electron chi connectivity index (χ4n) is 4.50. The first kappa shape index (κ1) is 42.8. The number of aromatic nitrogens is 3. The van der Waals surface area contributed by atoms with Crippen molar-refractivity contribution in [3.8, 4) is 11.8 Å². The zero-order valence-corrected chi connectivity index (χ0v) is 33.4. The fraction of sp³-hybridized carbons (Fsp3) is 0.647. The summed E-state index contributed by atoms with van der Waals surface area (Å²) in [6, 6.07) is 0. The number of hydrogen-bond donors (Lipinski definition) is 2. The molecule has 1 aliphatic heterocycles. The SMILES string of the molecule is C=CCOC1C[C@H](n2cc(C#CCOCSSC(C)(C)CNC(=O)C(F)(F)F)c3c(=O)[nH]c(N=CC(C)C)nc32)O[C@@H]1CO[Si](C)(C)C(C)(C)C. The number of hydrogen-bond acceptors (Lipinski definition) is 10. The first-order chi connectivity index (χ1) is 23.6. The number of nitrogens with zero attached hydrogens (tertiary/aromatic N) is 3. The molecule has 1 amide bonds. The summed E-state index contributed by atoms with van der Waals surface area (Å²) < 4.78 is 63.4. The number of nitrogens with one attached hydrogen (secondary N) is 2. The Bertz CT molecular complexity index is 1660. The third-order valence-electron chi connectivity index (χ3n) is 8.24. The molecule has 3 rings (SSSR count). The molecule has 1 unspecified atom stereocenters. The first-order valence-corrected chi connectivity index (χ1v) is 21.8. The Morgan fingerprint density at radius 2 is 2.00 bits per heavy atom. The van der Waals surface area contributed by atoms with Gasteiger partial charge in [0.15, 0.2) is 14.0 Å². The van der Waals surface area contributed by atoms with Crippen molar-refractivity contribution in [2.75, 3.05) is 32.3 Å². The smallest absolute Gasteiger partial charge is 0.414 e. The maximum atomic E-state index is 13.4. The van der Waals surface area contributed by atoms with Crippen molar-refractivity contribution in [1.29, 1.82) is 0 Å². The fourth-order valence-corrected chi connectivity index (χ4v) is 7.64. The van der Waals surface area contributed by atoms with Crippen LogP contribution in [0.3, 0.4) is 0 Å². The number of rotatable bonds is 16. The number of alkyl halides is 3. The van der Waals surface area contributed by atoms with Gasteiger partial charge in [-0.3, -0.25) is 14.6 Å². The Kier molecular flexibility index (Phi) is 15.1. The second kappa shape index (κ2) is 18.0. The topological polar surface area (TPSA) is 129 Å². The Hall–Kier alpha value is -2.59. The number of carbonyl (C=O) groups excluding carboxylic acids is 1. The van der Waals surface area contributed by atoms with Crippen LogP contribution in [0.25, 0.3) is 11.0 Å². The lowest BCUT2D eigenvalue weighted by molar-refractivity contribution is -0.173. The summed E-state index contributed by atoms with van der Waals surface area (Å²) in [4.78, 5) is 36.4. The van der Waals surface area contributed by atoms with Gasteiger partial charge in [-0.25, -0.2) is 4.99 Å². The summed E-state index contributed by atoms with van der Waals surface area (Å²) in [6.45, 7) is 22.6. The molecule has 17 heteroatoms. The van der Waals surface area contributed by atoms with E-state index in [4.69, 9.17) is 18.6 Å². The Balaban J connectivity index is 1.80. The summed E-state index contributed by atoms with van der Waals surface area (Å²) in [5, 5.41) is 2.20. The molecule has 0 radical (unpaired) electrons. The minimum Gasteiger partial charge on any atom is -0.414 e. The zero-order chi connectivity index (χ0) is 38.2. The van der Waals surface area contributed by atoms with E-state index in [1.165, 1.54) is 21.6 Å². The molecular weight excluding hydrogens is 724 g/mol. The van der Waals surface area contributed by atoms with Crippen molar-refractivity contribution in [3.63, 3.8) is 0 Å². The van der Waals surface area contributed by atoms with Crippen molar-refractivity contribution < 1.29 is 36.6 Å². The minimum absolute atomic E-state index is 0.0150. The molecule has 0 aromatic carbocycles. The van der Waals surface area contributed by atoms with Gasteiger partial charge in [0.2, 0.25) is 5.95 Å². The lowest BCUT2D eigenvalue weighted by Crippen LogP contribution is -2.44. The van der Waals surface area contributed by atoms with Crippen molar-refractivity contribution in [3.05, 3.63) is 34.8 Å². The molecule has 284 valence electrons. The van der Waals surface area contributed by atoms with Crippen molar-refractivity contribution >= 4 is 59.0 Å². The van der Waals surface area contributed by atoms with Crippen LogP contribution >= 0.6 is 21.6 Å². The molecule has 11 nitrogen and oxygen atoms in total. The van der Waals surface area contributed by atoms with Crippen molar-refractivity contribution in [1.82, 2.24) is 19.9 Å². The minimum atomic E-state index is -4.93. The summed E-state index contributed by atoms with van der Waals surface area (Å²) in [7, 11) is 0.482. The average molecular weight is 774 g/mol. The van der Waals surface area contributed by atoms with Crippen LogP contribution in [-0.4, -0.2) is 90.4 Å². The van der Waals surface area contributed by atoms with Crippen LogP contribution in [0.2, 0.25) is 18.1 Å². The molecule has 0 bridgehead atoms. The summed E-state index contributed by atoms with van der Waals surface area (Å²) in [6.07, 6.45) is -0.516. The van der Waals surface area contributed by atoms with Crippen LogP contribution in [0.5, 0.6) is 0 Å². The molecule has 3 heterocycles. The Labute approximate surface area is 306 Å². The van der Waals surface area contributed by atoms with E-state index in [1.54, 1.807) is 36.9 Å². The number of aromatic amines is 1. The average Bonchev–Trinajstić information content (AvgIpc) is 3.60. The summed E-state index contributed by atoms with van der Waals surface area (Å²) >= 11 is 0. The zero-order valence-electron chi connectivity index (χ0n) is 30.7. The molecular formula is C34H50F3N5O6S2Si. The highest BCUT2D eigenvalue weighted by Crippen LogP contribution is 2.39. The molecule has 2 aromatic heterocycles. The van der Waals surface area contributed by atoms with Gasteiger partial charge in [0.05, 0.1) is 30.3 Å². The van der Waals surface area contributed by atoms with Gasteiger partial charge in [-0.15, -0.1) is 6.58 Å². The molecule has 3 atom stereocenters. The number of H-pyrrole nitrogens is 1. The molecule has 2 aromatic rings. The highest BCUT2D eigenvalue weighted by atomic mass is 33.1. The van der Waals surface area contributed by atoms with E-state index in [0.29, 0.717) is 30.8 Å². The molecule has 1 saturated heterocycles. The lowest BCUT2D eigenvalue weighted by Gasteiger charge is -2.37. The molecule has 1 fully saturated rings. The van der Waals surface area contributed by atoms with E-state index in [-0.39, 0.29) is 53.6 Å². The third kappa shape index (κ3) is 12.5. The molecule has 0 saturated carbocycles. The second-order valence-corrected chi connectivity index (χ2v) is 22.3. The van der Waals surface area contributed by atoms with Crippen molar-refractivity contribution in [2.45, 2.75) is 102 Å². The van der Waals surface area contributed by atoms with Gasteiger partial charge in [-0.2, -0.15) is 18.2 Å². The monoisotopic (exact) mass is 773 g/mol. The predicted octanol–water partition coefficient (Wildman–Crippen LogP) is 7.13. The van der Waals surface area contributed by atoms with Gasteiger partial charge in [0, 0.05) is 30.1 Å². The van der Waals surface area contributed by atoms with Crippen LogP contribution in [0, 0.1) is 17.8 Å². The normalized spacial score (nSPS) is 18.8.